The predicted octanol–water partition coefficient (Wildman–Crippen LogP) is 3.97. The van der Waals surface area contributed by atoms with E-state index in [-0.39, 0.29) is 5.82 Å². The van der Waals surface area contributed by atoms with Gasteiger partial charge in [0.15, 0.2) is 5.76 Å². The first-order valence-electron chi connectivity index (χ1n) is 8.73. The molecule has 0 saturated carbocycles. The van der Waals surface area contributed by atoms with E-state index in [0.29, 0.717) is 41.7 Å². The van der Waals surface area contributed by atoms with Crippen LogP contribution < -0.4 is 5.73 Å². The van der Waals surface area contributed by atoms with Crippen LogP contribution in [0.5, 0.6) is 0 Å². The lowest BCUT2D eigenvalue weighted by Crippen LogP contribution is -2.22. The zero-order valence-corrected chi connectivity index (χ0v) is 16.8. The number of nitrogens with two attached hydrogens (primary N) is 1. The van der Waals surface area contributed by atoms with Crippen molar-refractivity contribution in [2.75, 3.05) is 12.3 Å². The molecule has 0 radical (unpaired) electrons. The molecule has 8 heteroatoms. The average molecular weight is 382 g/mol. The molecule has 2 N–H and O–H groups in total. The SMILES string of the molecule is C[Si](C)(C)CCOCn1ccnc1-c1cc(-c2ccco2)nc(N)c1C#N. The normalized spacial score (nSPS) is 11.5. The van der Waals surface area contributed by atoms with Gasteiger partial charge < -0.3 is 19.5 Å². The van der Waals surface area contributed by atoms with E-state index in [4.69, 9.17) is 14.9 Å². The van der Waals surface area contributed by atoms with Crippen LogP contribution in [0.1, 0.15) is 5.56 Å². The summed E-state index contributed by atoms with van der Waals surface area (Å²) in [6.45, 7) is 8.01. The third-order valence-corrected chi connectivity index (χ3v) is 5.82. The van der Waals surface area contributed by atoms with Crippen molar-refractivity contribution >= 4 is 13.9 Å². The number of hydrogen-bond acceptors (Lipinski definition) is 6. The number of ether oxygens (including phenoxy) is 1. The van der Waals surface area contributed by atoms with Crippen LogP contribution in [0.15, 0.2) is 41.3 Å². The molecule has 0 atom stereocenters. The van der Waals surface area contributed by atoms with Gasteiger partial charge >= 0.3 is 0 Å². The molecule has 3 aromatic heterocycles. The fraction of sp³-hybridized carbons (Fsp3) is 0.316. The molecule has 0 aliphatic rings. The van der Waals surface area contributed by atoms with Crippen molar-refractivity contribution in [1.82, 2.24) is 14.5 Å². The first-order valence-corrected chi connectivity index (χ1v) is 12.4. The Bertz CT molecular complexity index is 952. The Balaban J connectivity index is 1.90. The number of nitrogens with zero attached hydrogens (tertiary/aromatic N) is 4. The Morgan fingerprint density at radius 2 is 2.19 bits per heavy atom. The molecule has 0 amide bonds. The summed E-state index contributed by atoms with van der Waals surface area (Å²) in [7, 11) is -1.15. The Hall–Kier alpha value is -2.89. The summed E-state index contributed by atoms with van der Waals surface area (Å²) >= 11 is 0. The number of nitriles is 1. The Morgan fingerprint density at radius 1 is 1.37 bits per heavy atom. The van der Waals surface area contributed by atoms with Gasteiger partial charge in [0.25, 0.3) is 0 Å². The van der Waals surface area contributed by atoms with Crippen molar-refractivity contribution in [2.24, 2.45) is 0 Å². The van der Waals surface area contributed by atoms with E-state index in [9.17, 15) is 5.26 Å². The fourth-order valence-electron chi connectivity index (χ4n) is 2.61. The molecule has 0 aromatic carbocycles. The molecule has 27 heavy (non-hydrogen) atoms. The first-order chi connectivity index (χ1) is 12.9. The van der Waals surface area contributed by atoms with Crippen LogP contribution in [0.25, 0.3) is 22.8 Å². The van der Waals surface area contributed by atoms with Gasteiger partial charge in [-0.05, 0) is 24.2 Å². The smallest absolute Gasteiger partial charge is 0.152 e. The van der Waals surface area contributed by atoms with E-state index < -0.39 is 8.07 Å². The monoisotopic (exact) mass is 381 g/mol. The second-order valence-corrected chi connectivity index (χ2v) is 13.1. The summed E-state index contributed by atoms with van der Waals surface area (Å²) in [4.78, 5) is 8.70. The van der Waals surface area contributed by atoms with Gasteiger partial charge in [-0.3, -0.25) is 0 Å². The minimum Gasteiger partial charge on any atom is -0.463 e. The highest BCUT2D eigenvalue weighted by Gasteiger charge is 2.18. The minimum absolute atomic E-state index is 0.149. The van der Waals surface area contributed by atoms with Crippen LogP contribution in [-0.4, -0.2) is 29.2 Å². The standard InChI is InChI=1S/C19H23N5O2Si/c1-27(2,3)10-9-25-13-24-7-6-22-19(24)14-11-16(17-5-4-8-26-17)23-18(21)15(14)12-20/h4-8,11H,9-10,13H2,1-3H3,(H2,21,23). The number of furan rings is 1. The van der Waals surface area contributed by atoms with Crippen LogP contribution in [0.3, 0.4) is 0 Å². The summed E-state index contributed by atoms with van der Waals surface area (Å²) in [5.41, 5.74) is 7.48. The fourth-order valence-corrected chi connectivity index (χ4v) is 3.36. The molecular formula is C19H23N5O2Si. The lowest BCUT2D eigenvalue weighted by Gasteiger charge is -2.16. The van der Waals surface area contributed by atoms with Gasteiger partial charge in [-0.2, -0.15) is 5.26 Å². The molecule has 3 aromatic rings. The molecule has 0 aliphatic carbocycles. The average Bonchev–Trinajstić information content (AvgIpc) is 3.29. The van der Waals surface area contributed by atoms with Gasteiger partial charge in [0.1, 0.15) is 35.7 Å². The molecule has 7 nitrogen and oxygen atoms in total. The number of hydrogen-bond donors (Lipinski definition) is 1. The maximum absolute atomic E-state index is 9.56. The molecule has 0 saturated heterocycles. The highest BCUT2D eigenvalue weighted by atomic mass is 28.3. The molecule has 3 rings (SSSR count). The Labute approximate surface area is 159 Å². The van der Waals surface area contributed by atoms with Crippen molar-refractivity contribution in [1.29, 1.82) is 5.26 Å². The molecule has 140 valence electrons. The second-order valence-electron chi connectivity index (χ2n) is 7.47. The van der Waals surface area contributed by atoms with Gasteiger partial charge in [0, 0.05) is 32.6 Å². The van der Waals surface area contributed by atoms with Crippen molar-refractivity contribution in [3.8, 4) is 28.9 Å². The highest BCUT2D eigenvalue weighted by molar-refractivity contribution is 6.76. The van der Waals surface area contributed by atoms with Gasteiger partial charge in [-0.1, -0.05) is 19.6 Å². The number of imidazole rings is 1. The molecule has 0 bridgehead atoms. The summed E-state index contributed by atoms with van der Waals surface area (Å²) in [6, 6.07) is 8.56. The van der Waals surface area contributed by atoms with Crippen LogP contribution in [0, 0.1) is 11.3 Å². The summed E-state index contributed by atoms with van der Waals surface area (Å²) in [5.74, 6) is 1.34. The van der Waals surface area contributed by atoms with Gasteiger partial charge in [0.2, 0.25) is 0 Å². The molecular weight excluding hydrogens is 358 g/mol. The lowest BCUT2D eigenvalue weighted by molar-refractivity contribution is 0.0883. The summed E-state index contributed by atoms with van der Waals surface area (Å²) in [5, 5.41) is 9.56. The van der Waals surface area contributed by atoms with Crippen molar-refractivity contribution in [3.63, 3.8) is 0 Å². The van der Waals surface area contributed by atoms with Gasteiger partial charge in [0.05, 0.1) is 6.26 Å². The van der Waals surface area contributed by atoms with Gasteiger partial charge in [-0.25, -0.2) is 9.97 Å². The van der Waals surface area contributed by atoms with Crippen LogP contribution >= 0.6 is 0 Å². The second kappa shape index (κ2) is 7.78. The molecule has 0 aliphatic heterocycles. The van der Waals surface area contributed by atoms with Crippen molar-refractivity contribution in [2.45, 2.75) is 32.4 Å². The number of aromatic nitrogens is 3. The number of nitrogen functional groups attached to an aromatic ring is 1. The number of pyridine rings is 1. The molecule has 0 spiro atoms. The van der Waals surface area contributed by atoms with Crippen LogP contribution in [-0.2, 0) is 11.5 Å². The third kappa shape index (κ3) is 4.45. The van der Waals surface area contributed by atoms with Crippen LogP contribution in [0.2, 0.25) is 25.7 Å². The zero-order chi connectivity index (χ0) is 19.4. The summed E-state index contributed by atoms with van der Waals surface area (Å²) in [6.07, 6.45) is 5.08. The largest absolute Gasteiger partial charge is 0.463 e. The van der Waals surface area contributed by atoms with E-state index >= 15 is 0 Å². The minimum atomic E-state index is -1.15. The quantitative estimate of drug-likeness (QED) is 0.490. The topological polar surface area (TPSA) is 103 Å². The third-order valence-electron chi connectivity index (χ3n) is 4.12. The van der Waals surface area contributed by atoms with E-state index in [0.717, 1.165) is 6.04 Å². The van der Waals surface area contributed by atoms with E-state index in [2.05, 4.69) is 35.7 Å². The first kappa shape index (κ1) is 18.9. The number of anilines is 1. The highest BCUT2D eigenvalue weighted by Crippen LogP contribution is 2.30. The Morgan fingerprint density at radius 3 is 2.85 bits per heavy atom. The molecule has 3 heterocycles. The Kier molecular flexibility index (Phi) is 5.44. The van der Waals surface area contributed by atoms with Crippen molar-refractivity contribution in [3.05, 3.63) is 42.4 Å². The predicted molar refractivity (Wildman–Crippen MR) is 106 cm³/mol. The lowest BCUT2D eigenvalue weighted by atomic mass is 10.1. The van der Waals surface area contributed by atoms with E-state index in [1.807, 2.05) is 10.8 Å². The van der Waals surface area contributed by atoms with Crippen molar-refractivity contribution < 1.29 is 9.15 Å². The number of rotatable bonds is 7. The van der Waals surface area contributed by atoms with Gasteiger partial charge in [-0.15, -0.1) is 0 Å². The maximum Gasteiger partial charge on any atom is 0.152 e. The van der Waals surface area contributed by atoms with E-state index in [1.54, 1.807) is 30.7 Å². The summed E-state index contributed by atoms with van der Waals surface area (Å²) < 4.78 is 13.1. The maximum atomic E-state index is 9.56. The molecule has 0 fully saturated rings. The van der Waals surface area contributed by atoms with E-state index in [1.165, 1.54) is 0 Å². The molecule has 0 unspecified atom stereocenters. The van der Waals surface area contributed by atoms with Crippen LogP contribution in [0.4, 0.5) is 5.82 Å². The zero-order valence-electron chi connectivity index (χ0n) is 15.8.